The van der Waals surface area contributed by atoms with Gasteiger partial charge in [-0.15, -0.1) is 0 Å². The Hall–Kier alpha value is -2.55. The number of hydrogen-bond acceptors (Lipinski definition) is 8. The number of rotatable bonds is 37. The Morgan fingerprint density at radius 1 is 0.585 bits per heavy atom. The molecule has 0 amide bonds. The number of esters is 2. The van der Waals surface area contributed by atoms with Crippen LogP contribution < -0.4 is 5.73 Å². The highest BCUT2D eigenvalue weighted by atomic mass is 31.2. The summed E-state index contributed by atoms with van der Waals surface area (Å²) in [5.41, 5.74) is 5.34. The van der Waals surface area contributed by atoms with Gasteiger partial charge < -0.3 is 20.1 Å². The third-order valence-corrected chi connectivity index (χ3v) is 9.06. The summed E-state index contributed by atoms with van der Waals surface area (Å²) in [4.78, 5) is 34.8. The molecule has 9 nitrogen and oxygen atoms in total. The van der Waals surface area contributed by atoms with E-state index in [1.54, 1.807) is 0 Å². The van der Waals surface area contributed by atoms with Crippen molar-refractivity contribution in [2.24, 2.45) is 5.73 Å². The van der Waals surface area contributed by atoms with Crippen LogP contribution in [0.1, 0.15) is 155 Å². The van der Waals surface area contributed by atoms with E-state index in [0.29, 0.717) is 12.8 Å². The zero-order valence-corrected chi connectivity index (χ0v) is 34.1. The Bertz CT molecular complexity index is 1100. The van der Waals surface area contributed by atoms with Gasteiger partial charge in [0.1, 0.15) is 6.61 Å². The zero-order chi connectivity index (χ0) is 38.9. The van der Waals surface area contributed by atoms with E-state index >= 15 is 0 Å². The number of allylic oxidation sites excluding steroid dienone is 12. The molecule has 0 aliphatic heterocycles. The summed E-state index contributed by atoms with van der Waals surface area (Å²) in [6, 6.07) is 0. The number of carbonyl (C=O) groups is 2. The molecule has 0 radical (unpaired) electrons. The van der Waals surface area contributed by atoms with Crippen molar-refractivity contribution < 1.29 is 37.6 Å². The normalized spacial score (nSPS) is 14.1. The fraction of sp³-hybridized carbons (Fsp3) is 0.674. The lowest BCUT2D eigenvalue weighted by molar-refractivity contribution is -0.161. The third kappa shape index (κ3) is 39.0. The van der Waals surface area contributed by atoms with Crippen LogP contribution in [0.2, 0.25) is 0 Å². The molecule has 2 unspecified atom stereocenters. The number of phosphoric acid groups is 1. The topological polar surface area (TPSA) is 134 Å². The first-order chi connectivity index (χ1) is 25.8. The summed E-state index contributed by atoms with van der Waals surface area (Å²) in [5.74, 6) is -0.884. The molecule has 0 rings (SSSR count). The van der Waals surface area contributed by atoms with Crippen molar-refractivity contribution in [1.82, 2.24) is 0 Å². The molecule has 0 aromatic carbocycles. The third-order valence-electron chi connectivity index (χ3n) is 8.08. The van der Waals surface area contributed by atoms with E-state index in [2.05, 4.69) is 86.8 Å². The van der Waals surface area contributed by atoms with Gasteiger partial charge in [-0.3, -0.25) is 18.6 Å². The van der Waals surface area contributed by atoms with Crippen molar-refractivity contribution in [3.8, 4) is 0 Å². The quantitative estimate of drug-likeness (QED) is 0.0274. The smallest absolute Gasteiger partial charge is 0.462 e. The predicted octanol–water partition coefficient (Wildman–Crippen LogP) is 11.5. The van der Waals surface area contributed by atoms with Gasteiger partial charge in [0.25, 0.3) is 0 Å². The van der Waals surface area contributed by atoms with Crippen LogP contribution >= 0.6 is 7.82 Å². The molecule has 53 heavy (non-hydrogen) atoms. The van der Waals surface area contributed by atoms with Gasteiger partial charge in [-0.2, -0.15) is 0 Å². The van der Waals surface area contributed by atoms with E-state index < -0.39 is 32.5 Å². The lowest BCUT2D eigenvalue weighted by Gasteiger charge is -2.19. The maximum absolute atomic E-state index is 12.6. The number of phosphoric ester groups is 1. The van der Waals surface area contributed by atoms with Crippen LogP contribution in [0.25, 0.3) is 0 Å². The number of carbonyl (C=O) groups excluding carboxylic acids is 2. The lowest BCUT2D eigenvalue weighted by atomic mass is 10.1. The van der Waals surface area contributed by atoms with Crippen molar-refractivity contribution in [3.05, 3.63) is 72.9 Å². The second-order valence-electron chi connectivity index (χ2n) is 13.1. The Morgan fingerprint density at radius 2 is 1.04 bits per heavy atom. The van der Waals surface area contributed by atoms with E-state index in [1.807, 2.05) is 0 Å². The van der Waals surface area contributed by atoms with Crippen LogP contribution in [0.5, 0.6) is 0 Å². The Labute approximate surface area is 322 Å². The highest BCUT2D eigenvalue weighted by Crippen LogP contribution is 2.43. The maximum Gasteiger partial charge on any atom is 0.472 e. The zero-order valence-electron chi connectivity index (χ0n) is 33.2. The van der Waals surface area contributed by atoms with Crippen LogP contribution in [-0.4, -0.2) is 49.3 Å². The second-order valence-corrected chi connectivity index (χ2v) is 14.6. The molecule has 10 heteroatoms. The van der Waals surface area contributed by atoms with Gasteiger partial charge in [0.05, 0.1) is 13.2 Å². The first-order valence-electron chi connectivity index (χ1n) is 20.4. The minimum Gasteiger partial charge on any atom is -0.462 e. The Balaban J connectivity index is 4.29. The van der Waals surface area contributed by atoms with E-state index in [-0.39, 0.29) is 32.6 Å². The molecule has 0 aromatic heterocycles. The van der Waals surface area contributed by atoms with E-state index in [1.165, 1.54) is 32.1 Å². The lowest BCUT2D eigenvalue weighted by Crippen LogP contribution is -2.29. The van der Waals surface area contributed by atoms with Crippen LogP contribution in [0, 0.1) is 0 Å². The first kappa shape index (κ1) is 50.5. The summed E-state index contributed by atoms with van der Waals surface area (Å²) in [5, 5.41) is 0. The van der Waals surface area contributed by atoms with Crippen molar-refractivity contribution >= 4 is 19.8 Å². The Morgan fingerprint density at radius 3 is 1.58 bits per heavy atom. The molecule has 0 heterocycles. The maximum atomic E-state index is 12.6. The van der Waals surface area contributed by atoms with Gasteiger partial charge in [0.2, 0.25) is 0 Å². The minimum atomic E-state index is -4.39. The standard InChI is InChI=1S/C43H74NO8P/c1-3-5-7-9-11-13-15-17-18-19-20-21-22-24-26-28-30-32-34-36-43(46)52-41(40-51-53(47,48)50-38-37-44)39-49-42(45)35-33-31-29-27-25-23-16-14-12-10-8-6-4-2/h5,7,11,13-14,16-18,20-21,24,26,41H,3-4,6,8-10,12,15,19,22-23,25,27-40,44H2,1-2H3,(H,47,48). The molecule has 0 aromatic rings. The SMILES string of the molecule is CCC=CCC=CCC=CCC=CCC=CCCCCCC(=O)OC(COC(=O)CCCCCCCC=CCCCCCC)COP(=O)(O)OCCN. The van der Waals surface area contributed by atoms with Crippen molar-refractivity contribution in [3.63, 3.8) is 0 Å². The van der Waals surface area contributed by atoms with Crippen LogP contribution in [0.15, 0.2) is 72.9 Å². The molecule has 304 valence electrons. The average molecular weight is 764 g/mol. The highest BCUT2D eigenvalue weighted by Gasteiger charge is 2.25. The van der Waals surface area contributed by atoms with Crippen LogP contribution in [0.3, 0.4) is 0 Å². The molecule has 0 aliphatic carbocycles. The fourth-order valence-corrected chi connectivity index (χ4v) is 5.83. The largest absolute Gasteiger partial charge is 0.472 e. The number of nitrogens with two attached hydrogens (primary N) is 1. The van der Waals surface area contributed by atoms with Crippen molar-refractivity contribution in [2.45, 2.75) is 161 Å². The molecule has 0 saturated carbocycles. The molecule has 2 atom stereocenters. The van der Waals surface area contributed by atoms with E-state index in [0.717, 1.165) is 83.5 Å². The number of hydrogen-bond donors (Lipinski definition) is 2. The van der Waals surface area contributed by atoms with Crippen LogP contribution in [0.4, 0.5) is 0 Å². The van der Waals surface area contributed by atoms with Crippen LogP contribution in [-0.2, 0) is 32.7 Å². The minimum absolute atomic E-state index is 0.0429. The molecule has 0 aliphatic rings. The van der Waals surface area contributed by atoms with E-state index in [9.17, 15) is 19.0 Å². The molecular weight excluding hydrogens is 689 g/mol. The van der Waals surface area contributed by atoms with E-state index in [4.69, 9.17) is 24.3 Å². The monoisotopic (exact) mass is 764 g/mol. The summed E-state index contributed by atoms with van der Waals surface area (Å²) in [6.45, 7) is 3.53. The molecule has 0 bridgehead atoms. The van der Waals surface area contributed by atoms with Gasteiger partial charge in [-0.25, -0.2) is 4.57 Å². The molecular formula is C43H74NO8P. The first-order valence-corrected chi connectivity index (χ1v) is 21.9. The number of ether oxygens (including phenoxy) is 2. The predicted molar refractivity (Wildman–Crippen MR) is 219 cm³/mol. The summed E-state index contributed by atoms with van der Waals surface area (Å²) in [7, 11) is -4.39. The van der Waals surface area contributed by atoms with Gasteiger partial charge in [-0.05, 0) is 83.5 Å². The summed E-state index contributed by atoms with van der Waals surface area (Å²) in [6.07, 6.45) is 46.4. The number of unbranched alkanes of at least 4 members (excludes halogenated alkanes) is 12. The molecule has 0 spiro atoms. The highest BCUT2D eigenvalue weighted by molar-refractivity contribution is 7.47. The summed E-state index contributed by atoms with van der Waals surface area (Å²) >= 11 is 0. The fourth-order valence-electron chi connectivity index (χ4n) is 5.07. The van der Waals surface area contributed by atoms with Gasteiger partial charge in [0, 0.05) is 19.4 Å². The van der Waals surface area contributed by atoms with Gasteiger partial charge >= 0.3 is 19.8 Å². The molecule has 0 saturated heterocycles. The van der Waals surface area contributed by atoms with Crippen molar-refractivity contribution in [2.75, 3.05) is 26.4 Å². The van der Waals surface area contributed by atoms with Gasteiger partial charge in [0.15, 0.2) is 6.10 Å². The summed E-state index contributed by atoms with van der Waals surface area (Å²) < 4.78 is 32.7. The van der Waals surface area contributed by atoms with Gasteiger partial charge in [-0.1, -0.05) is 132 Å². The molecule has 0 fully saturated rings. The Kier molecular flexibility index (Phi) is 37.3. The average Bonchev–Trinajstić information content (AvgIpc) is 3.14. The van der Waals surface area contributed by atoms with Crippen molar-refractivity contribution in [1.29, 1.82) is 0 Å². The second kappa shape index (κ2) is 39.2. The molecule has 3 N–H and O–H groups in total.